The van der Waals surface area contributed by atoms with Crippen LogP contribution in [0.1, 0.15) is 31.2 Å². The molecule has 2 heterocycles. The van der Waals surface area contributed by atoms with Gasteiger partial charge in [0.15, 0.2) is 11.6 Å². The lowest BCUT2D eigenvalue weighted by Gasteiger charge is -2.33. The summed E-state index contributed by atoms with van der Waals surface area (Å²) in [7, 11) is 3.59. The molecule has 0 N–H and O–H groups in total. The Bertz CT molecular complexity index is 578. The lowest BCUT2D eigenvalue weighted by atomic mass is 10.0. The molecule has 1 aromatic carbocycles. The summed E-state index contributed by atoms with van der Waals surface area (Å²) in [6, 6.07) is 5.56. The molecule has 0 radical (unpaired) electrons. The van der Waals surface area contributed by atoms with Crippen molar-refractivity contribution in [2.45, 2.75) is 44.2 Å². The lowest BCUT2D eigenvalue weighted by Crippen LogP contribution is -2.47. The predicted molar refractivity (Wildman–Crippen MR) is 87.0 cm³/mol. The van der Waals surface area contributed by atoms with Crippen molar-refractivity contribution < 1.29 is 13.9 Å². The number of hydrogen-bond donors (Lipinski definition) is 0. The quantitative estimate of drug-likeness (QED) is 0.854. The van der Waals surface area contributed by atoms with E-state index in [-0.39, 0.29) is 18.1 Å². The van der Waals surface area contributed by atoms with Crippen molar-refractivity contribution in [3.8, 4) is 5.75 Å². The van der Waals surface area contributed by atoms with Crippen LogP contribution in [0, 0.1) is 5.82 Å². The molecule has 4 nitrogen and oxygen atoms in total. The number of likely N-dealkylation sites (N-methyl/N-ethyl adjacent to an activating group) is 1. The van der Waals surface area contributed by atoms with Crippen LogP contribution >= 0.6 is 0 Å². The topological polar surface area (TPSA) is 32.8 Å². The maximum atomic E-state index is 13.8. The summed E-state index contributed by atoms with van der Waals surface area (Å²) in [5.74, 6) is -0.0866. The smallest absolute Gasteiger partial charge is 0.227 e. The van der Waals surface area contributed by atoms with Gasteiger partial charge >= 0.3 is 0 Å². The van der Waals surface area contributed by atoms with Gasteiger partial charge in [-0.2, -0.15) is 0 Å². The number of carbonyl (C=O) groups excluding carboxylic acids is 1. The van der Waals surface area contributed by atoms with Crippen LogP contribution in [0.4, 0.5) is 4.39 Å². The molecule has 5 heteroatoms. The summed E-state index contributed by atoms with van der Waals surface area (Å²) in [4.78, 5) is 17.1. The number of halogens is 1. The monoisotopic (exact) mass is 320 g/mol. The molecule has 2 aliphatic rings. The highest BCUT2D eigenvalue weighted by Gasteiger charge is 2.38. The second kappa shape index (κ2) is 6.87. The summed E-state index contributed by atoms with van der Waals surface area (Å²) in [5, 5.41) is 0. The number of rotatable bonds is 4. The van der Waals surface area contributed by atoms with Crippen LogP contribution in [0.2, 0.25) is 0 Å². The zero-order chi connectivity index (χ0) is 16.4. The Labute approximate surface area is 137 Å². The first-order chi connectivity index (χ1) is 11.1. The number of likely N-dealkylation sites (tertiary alicyclic amines) is 2. The van der Waals surface area contributed by atoms with Gasteiger partial charge in [0.2, 0.25) is 5.91 Å². The number of carbonyl (C=O) groups is 1. The molecule has 0 aliphatic carbocycles. The summed E-state index contributed by atoms with van der Waals surface area (Å²) < 4.78 is 18.7. The molecule has 3 rings (SSSR count). The van der Waals surface area contributed by atoms with Crippen LogP contribution in [-0.2, 0) is 11.2 Å². The van der Waals surface area contributed by atoms with Crippen molar-refractivity contribution in [1.82, 2.24) is 9.80 Å². The normalized spacial score (nSPS) is 25.1. The highest BCUT2D eigenvalue weighted by Crippen LogP contribution is 2.29. The minimum Gasteiger partial charge on any atom is -0.494 e. The largest absolute Gasteiger partial charge is 0.494 e. The maximum Gasteiger partial charge on any atom is 0.227 e. The Hall–Kier alpha value is -1.62. The molecule has 2 fully saturated rings. The Kier molecular flexibility index (Phi) is 4.85. The Morgan fingerprint density at radius 1 is 1.26 bits per heavy atom. The average molecular weight is 320 g/mol. The zero-order valence-corrected chi connectivity index (χ0v) is 13.9. The van der Waals surface area contributed by atoms with Gasteiger partial charge < -0.3 is 14.5 Å². The van der Waals surface area contributed by atoms with Gasteiger partial charge in [0, 0.05) is 18.6 Å². The fraction of sp³-hybridized carbons (Fsp3) is 0.611. The van der Waals surface area contributed by atoms with Gasteiger partial charge in [-0.1, -0.05) is 6.07 Å². The van der Waals surface area contributed by atoms with Gasteiger partial charge in [-0.25, -0.2) is 4.39 Å². The van der Waals surface area contributed by atoms with Crippen LogP contribution in [0.25, 0.3) is 0 Å². The molecule has 0 aromatic heterocycles. The predicted octanol–water partition coefficient (Wildman–Crippen LogP) is 2.46. The maximum absolute atomic E-state index is 13.8. The third-order valence-electron chi connectivity index (χ3n) is 5.21. The Morgan fingerprint density at radius 2 is 2.00 bits per heavy atom. The van der Waals surface area contributed by atoms with E-state index in [2.05, 4.69) is 11.9 Å². The molecule has 0 spiro atoms. The molecule has 23 heavy (non-hydrogen) atoms. The van der Waals surface area contributed by atoms with Crippen molar-refractivity contribution >= 4 is 5.91 Å². The minimum absolute atomic E-state index is 0.109. The second-order valence-electron chi connectivity index (χ2n) is 6.63. The van der Waals surface area contributed by atoms with Crippen molar-refractivity contribution in [3.63, 3.8) is 0 Å². The number of nitrogens with zero attached hydrogens (tertiary/aromatic N) is 2. The Balaban J connectivity index is 1.68. The van der Waals surface area contributed by atoms with E-state index in [0.29, 0.717) is 17.6 Å². The molecule has 0 saturated carbocycles. The number of amides is 1. The van der Waals surface area contributed by atoms with E-state index in [1.165, 1.54) is 26.0 Å². The summed E-state index contributed by atoms with van der Waals surface area (Å²) in [6.45, 7) is 1.94. The van der Waals surface area contributed by atoms with Crippen molar-refractivity contribution in [2.24, 2.45) is 0 Å². The first-order valence-corrected chi connectivity index (χ1v) is 8.42. The molecule has 0 bridgehead atoms. The molecular weight excluding hydrogens is 295 g/mol. The highest BCUT2D eigenvalue weighted by molar-refractivity contribution is 5.79. The number of ether oxygens (including phenoxy) is 1. The number of benzene rings is 1. The first kappa shape index (κ1) is 16.2. The van der Waals surface area contributed by atoms with E-state index < -0.39 is 5.82 Å². The van der Waals surface area contributed by atoms with Crippen LogP contribution < -0.4 is 4.74 Å². The van der Waals surface area contributed by atoms with Crippen LogP contribution in [0.3, 0.4) is 0 Å². The number of hydrogen-bond acceptors (Lipinski definition) is 3. The fourth-order valence-corrected chi connectivity index (χ4v) is 4.02. The SMILES string of the molecule is COc1ccc(CC(=O)N2CCC[C@H]2[C@H]2CCCN2C)cc1F. The molecule has 1 aromatic rings. The van der Waals surface area contributed by atoms with Crippen molar-refractivity contribution in [2.75, 3.05) is 27.2 Å². The lowest BCUT2D eigenvalue weighted by molar-refractivity contribution is -0.132. The van der Waals surface area contributed by atoms with Gasteiger partial charge in [-0.15, -0.1) is 0 Å². The zero-order valence-electron chi connectivity index (χ0n) is 13.9. The van der Waals surface area contributed by atoms with Crippen molar-refractivity contribution in [1.29, 1.82) is 0 Å². The van der Waals surface area contributed by atoms with Crippen LogP contribution in [0.15, 0.2) is 18.2 Å². The highest BCUT2D eigenvalue weighted by atomic mass is 19.1. The molecule has 2 aliphatic heterocycles. The first-order valence-electron chi connectivity index (χ1n) is 8.42. The molecular formula is C18H25FN2O2. The molecule has 126 valence electrons. The van der Waals surface area contributed by atoms with Gasteiger partial charge in [0.05, 0.1) is 13.5 Å². The molecule has 0 unspecified atom stereocenters. The van der Waals surface area contributed by atoms with E-state index >= 15 is 0 Å². The van der Waals surface area contributed by atoms with Gasteiger partial charge in [0.1, 0.15) is 0 Å². The minimum atomic E-state index is -0.411. The molecule has 1 amide bonds. The second-order valence-corrected chi connectivity index (χ2v) is 6.63. The summed E-state index contributed by atoms with van der Waals surface area (Å²) in [5.41, 5.74) is 0.707. The fourth-order valence-electron chi connectivity index (χ4n) is 4.02. The van der Waals surface area contributed by atoms with Crippen molar-refractivity contribution in [3.05, 3.63) is 29.6 Å². The molecule has 2 atom stereocenters. The van der Waals surface area contributed by atoms with E-state index in [4.69, 9.17) is 4.74 Å². The van der Waals surface area contributed by atoms with Gasteiger partial charge in [-0.3, -0.25) is 4.79 Å². The van der Waals surface area contributed by atoms with E-state index in [9.17, 15) is 9.18 Å². The van der Waals surface area contributed by atoms with Gasteiger partial charge in [-0.05, 0) is 57.0 Å². The van der Waals surface area contributed by atoms with Crippen LogP contribution in [-0.4, -0.2) is 55.0 Å². The van der Waals surface area contributed by atoms with E-state index in [0.717, 1.165) is 25.9 Å². The average Bonchev–Trinajstić information content (AvgIpc) is 3.15. The van der Waals surface area contributed by atoms with Gasteiger partial charge in [0.25, 0.3) is 0 Å². The van der Waals surface area contributed by atoms with E-state index in [1.807, 2.05) is 4.90 Å². The standard InChI is InChI=1S/C18H25FN2O2/c1-20-9-3-5-15(20)16-6-4-10-21(16)18(22)12-13-7-8-17(23-2)14(19)11-13/h7-8,11,15-16H,3-6,9-10,12H2,1-2H3/t15-,16+/m1/s1. The summed E-state index contributed by atoms with van der Waals surface area (Å²) in [6.07, 6.45) is 4.79. The third kappa shape index (κ3) is 3.34. The van der Waals surface area contributed by atoms with Crippen LogP contribution in [0.5, 0.6) is 5.75 Å². The molecule has 2 saturated heterocycles. The van der Waals surface area contributed by atoms with E-state index in [1.54, 1.807) is 12.1 Å². The summed E-state index contributed by atoms with van der Waals surface area (Å²) >= 11 is 0. The third-order valence-corrected chi connectivity index (χ3v) is 5.21. The number of methoxy groups -OCH3 is 1. The Morgan fingerprint density at radius 3 is 2.65 bits per heavy atom.